The molecule has 0 aliphatic heterocycles. The minimum Gasteiger partial charge on any atom is -0.378 e. The van der Waals surface area contributed by atoms with Gasteiger partial charge in [-0.2, -0.15) is 9.49 Å². The number of rotatable bonds is 3. The lowest BCUT2D eigenvalue weighted by atomic mass is 10.3. The molecular formula is C10H11FN4. The Morgan fingerprint density at radius 2 is 2.27 bits per heavy atom. The summed E-state index contributed by atoms with van der Waals surface area (Å²) >= 11 is 0. The van der Waals surface area contributed by atoms with Crippen molar-refractivity contribution in [3.05, 3.63) is 42.2 Å². The second-order valence-corrected chi connectivity index (χ2v) is 3.17. The summed E-state index contributed by atoms with van der Waals surface area (Å²) in [6.45, 7) is 0.643. The molecule has 0 amide bonds. The average molecular weight is 206 g/mol. The molecule has 0 saturated carbocycles. The fourth-order valence-corrected chi connectivity index (χ4v) is 1.25. The summed E-state index contributed by atoms with van der Waals surface area (Å²) in [6, 6.07) is 4.90. The summed E-state index contributed by atoms with van der Waals surface area (Å²) in [5.41, 5.74) is 1.84. The zero-order valence-corrected chi connectivity index (χ0v) is 8.31. The first-order chi connectivity index (χ1) is 7.25. The second kappa shape index (κ2) is 4.08. The van der Waals surface area contributed by atoms with E-state index < -0.39 is 5.95 Å². The molecule has 2 aromatic heterocycles. The molecule has 0 unspecified atom stereocenters. The largest absolute Gasteiger partial charge is 0.378 e. The maximum atomic E-state index is 12.5. The normalized spacial score (nSPS) is 10.3. The zero-order chi connectivity index (χ0) is 10.7. The number of aromatic nitrogens is 3. The van der Waals surface area contributed by atoms with Crippen LogP contribution in [0.1, 0.15) is 5.69 Å². The molecule has 0 spiro atoms. The highest BCUT2D eigenvalue weighted by Crippen LogP contribution is 2.07. The highest BCUT2D eigenvalue weighted by molar-refractivity contribution is 5.40. The molecule has 0 aliphatic rings. The quantitative estimate of drug-likeness (QED) is 0.775. The number of nitrogens with zero attached hydrogens (tertiary/aromatic N) is 3. The van der Waals surface area contributed by atoms with Gasteiger partial charge < -0.3 is 5.32 Å². The highest BCUT2D eigenvalue weighted by Gasteiger charge is 1.98. The second-order valence-electron chi connectivity index (χ2n) is 3.17. The average Bonchev–Trinajstić information content (AvgIpc) is 2.63. The first-order valence-corrected chi connectivity index (χ1v) is 4.58. The van der Waals surface area contributed by atoms with Gasteiger partial charge in [0.2, 0.25) is 5.95 Å². The maximum Gasteiger partial charge on any atom is 0.212 e. The van der Waals surface area contributed by atoms with E-state index >= 15 is 0 Å². The number of hydrogen-bond acceptors (Lipinski definition) is 3. The fourth-order valence-electron chi connectivity index (χ4n) is 1.25. The molecule has 0 atom stereocenters. The zero-order valence-electron chi connectivity index (χ0n) is 8.31. The monoisotopic (exact) mass is 206 g/mol. The number of nitrogens with one attached hydrogen (secondary N) is 1. The number of pyridine rings is 1. The lowest BCUT2D eigenvalue weighted by molar-refractivity contribution is 0.584. The van der Waals surface area contributed by atoms with Crippen LogP contribution in [0.2, 0.25) is 0 Å². The van der Waals surface area contributed by atoms with Crippen LogP contribution in [0.25, 0.3) is 0 Å². The van der Waals surface area contributed by atoms with Crippen LogP contribution in [0.15, 0.2) is 30.6 Å². The molecule has 2 rings (SSSR count). The number of anilines is 1. The minimum atomic E-state index is -0.471. The summed E-state index contributed by atoms with van der Waals surface area (Å²) in [7, 11) is 1.87. The van der Waals surface area contributed by atoms with Gasteiger partial charge in [-0.1, -0.05) is 0 Å². The smallest absolute Gasteiger partial charge is 0.212 e. The van der Waals surface area contributed by atoms with E-state index in [-0.39, 0.29) is 0 Å². The van der Waals surface area contributed by atoms with Gasteiger partial charge >= 0.3 is 0 Å². The Kier molecular flexibility index (Phi) is 2.62. The third kappa shape index (κ3) is 2.31. The van der Waals surface area contributed by atoms with Gasteiger partial charge in [-0.15, -0.1) is 0 Å². The molecular weight excluding hydrogens is 195 g/mol. The summed E-state index contributed by atoms with van der Waals surface area (Å²) in [4.78, 5) is 3.55. The van der Waals surface area contributed by atoms with Crippen LogP contribution in [0.4, 0.5) is 10.1 Å². The molecule has 15 heavy (non-hydrogen) atoms. The van der Waals surface area contributed by atoms with Crippen LogP contribution in [0, 0.1) is 5.95 Å². The van der Waals surface area contributed by atoms with E-state index in [0.29, 0.717) is 6.54 Å². The molecule has 2 heterocycles. The number of halogens is 1. The van der Waals surface area contributed by atoms with Crippen molar-refractivity contribution in [1.29, 1.82) is 0 Å². The van der Waals surface area contributed by atoms with Crippen molar-refractivity contribution >= 4 is 5.69 Å². The Labute approximate surface area is 86.8 Å². The van der Waals surface area contributed by atoms with Crippen molar-refractivity contribution in [1.82, 2.24) is 14.8 Å². The van der Waals surface area contributed by atoms with Gasteiger partial charge in [0.05, 0.1) is 24.1 Å². The number of hydrogen-bond donors (Lipinski definition) is 1. The van der Waals surface area contributed by atoms with Gasteiger partial charge in [0.25, 0.3) is 0 Å². The van der Waals surface area contributed by atoms with Crippen LogP contribution in [0.3, 0.4) is 0 Å². The van der Waals surface area contributed by atoms with Crippen LogP contribution in [0.5, 0.6) is 0 Å². The van der Waals surface area contributed by atoms with Crippen LogP contribution >= 0.6 is 0 Å². The SMILES string of the molecule is Cn1nccc1CNc1ccc(F)nc1. The van der Waals surface area contributed by atoms with Gasteiger partial charge in [0, 0.05) is 13.2 Å². The van der Waals surface area contributed by atoms with E-state index in [1.807, 2.05) is 13.1 Å². The topological polar surface area (TPSA) is 42.7 Å². The van der Waals surface area contributed by atoms with Gasteiger partial charge in [-0.25, -0.2) is 4.98 Å². The summed E-state index contributed by atoms with van der Waals surface area (Å²) in [5.74, 6) is -0.471. The summed E-state index contributed by atoms with van der Waals surface area (Å²) < 4.78 is 14.3. The minimum absolute atomic E-state index is 0.471. The molecule has 0 aliphatic carbocycles. The van der Waals surface area contributed by atoms with Gasteiger partial charge in [-0.3, -0.25) is 4.68 Å². The van der Waals surface area contributed by atoms with Crippen molar-refractivity contribution in [2.45, 2.75) is 6.54 Å². The predicted molar refractivity (Wildman–Crippen MR) is 54.7 cm³/mol. The fraction of sp³-hybridized carbons (Fsp3) is 0.200. The Hall–Kier alpha value is -1.91. The van der Waals surface area contributed by atoms with Gasteiger partial charge in [-0.05, 0) is 18.2 Å². The van der Waals surface area contributed by atoms with E-state index in [1.54, 1.807) is 16.9 Å². The third-order valence-corrected chi connectivity index (χ3v) is 2.12. The van der Waals surface area contributed by atoms with E-state index in [9.17, 15) is 4.39 Å². The van der Waals surface area contributed by atoms with Gasteiger partial charge in [0.1, 0.15) is 0 Å². The van der Waals surface area contributed by atoms with Crippen molar-refractivity contribution < 1.29 is 4.39 Å². The van der Waals surface area contributed by atoms with Crippen LogP contribution in [-0.4, -0.2) is 14.8 Å². The molecule has 0 saturated heterocycles. The van der Waals surface area contributed by atoms with Crippen molar-refractivity contribution in [3.8, 4) is 0 Å². The molecule has 78 valence electrons. The maximum absolute atomic E-state index is 12.5. The molecule has 5 heteroatoms. The summed E-state index contributed by atoms with van der Waals surface area (Å²) in [6.07, 6.45) is 3.20. The van der Waals surface area contributed by atoms with Crippen LogP contribution in [-0.2, 0) is 13.6 Å². The number of aryl methyl sites for hydroxylation is 1. The molecule has 1 N–H and O–H groups in total. The third-order valence-electron chi connectivity index (χ3n) is 2.12. The molecule has 0 fully saturated rings. The lowest BCUT2D eigenvalue weighted by Crippen LogP contribution is -2.05. The van der Waals surface area contributed by atoms with E-state index in [0.717, 1.165) is 11.4 Å². The molecule has 0 bridgehead atoms. The Morgan fingerprint density at radius 1 is 1.40 bits per heavy atom. The highest BCUT2D eigenvalue weighted by atomic mass is 19.1. The first-order valence-electron chi connectivity index (χ1n) is 4.58. The van der Waals surface area contributed by atoms with E-state index in [1.165, 1.54) is 12.3 Å². The Morgan fingerprint density at radius 3 is 2.87 bits per heavy atom. The van der Waals surface area contributed by atoms with Crippen molar-refractivity contribution in [2.75, 3.05) is 5.32 Å². The Balaban J connectivity index is 1.99. The van der Waals surface area contributed by atoms with E-state index in [2.05, 4.69) is 15.4 Å². The standard InChI is InChI=1S/C10H11FN4/c1-15-9(4-5-14-15)7-12-8-2-3-10(11)13-6-8/h2-6,12H,7H2,1H3. The lowest BCUT2D eigenvalue weighted by Gasteiger charge is -2.05. The van der Waals surface area contributed by atoms with E-state index in [4.69, 9.17) is 0 Å². The Bertz CT molecular complexity index is 435. The molecule has 4 nitrogen and oxygen atoms in total. The molecule has 2 aromatic rings. The molecule has 0 radical (unpaired) electrons. The van der Waals surface area contributed by atoms with Crippen molar-refractivity contribution in [2.24, 2.45) is 7.05 Å². The predicted octanol–water partition coefficient (Wildman–Crippen LogP) is 1.57. The summed E-state index contributed by atoms with van der Waals surface area (Å²) in [5, 5.41) is 7.17. The molecule has 0 aromatic carbocycles. The van der Waals surface area contributed by atoms with Gasteiger partial charge in [0.15, 0.2) is 0 Å². The van der Waals surface area contributed by atoms with Crippen LogP contribution < -0.4 is 5.32 Å². The van der Waals surface area contributed by atoms with Crippen molar-refractivity contribution in [3.63, 3.8) is 0 Å². The first kappa shape index (κ1) is 9.64.